The number of hydrogen-bond acceptors (Lipinski definition) is 6. The Balaban J connectivity index is 1.40. The highest BCUT2D eigenvalue weighted by atomic mass is 16.6. The van der Waals surface area contributed by atoms with E-state index in [1.54, 1.807) is 14.2 Å². The number of hydrogen-bond donors (Lipinski definition) is 0. The number of carbonyl (C=O) groups excluding carboxylic acids is 1. The molecule has 6 nitrogen and oxygen atoms in total. The van der Waals surface area contributed by atoms with Crippen LogP contribution in [-0.4, -0.2) is 51.0 Å². The highest BCUT2D eigenvalue weighted by molar-refractivity contribution is 5.88. The lowest BCUT2D eigenvalue weighted by molar-refractivity contribution is -0.186. The molecule has 29 heavy (non-hydrogen) atoms. The average Bonchev–Trinajstić information content (AvgIpc) is 3.17. The molecule has 2 aliphatic carbocycles. The quantitative estimate of drug-likeness (QED) is 0.719. The standard InChI is InChI=1S/C23H32O6/c1-11(2)16-8-14-15(28-16)6-5-12-22(24)21-13-7-18(25-3)19(26-4)9-17(13)27-10-20(21)29-23(12)14/h11-12,14-16,20-21,23H,5-10H2,1-4H3/t12?,14?,15?,16?,20-,21+,23?/m1/s1. The summed E-state index contributed by atoms with van der Waals surface area (Å²) in [6.07, 6.45) is 4.19. The van der Waals surface area contributed by atoms with Crippen LogP contribution in [0.4, 0.5) is 0 Å². The van der Waals surface area contributed by atoms with Crippen LogP contribution in [0.2, 0.25) is 0 Å². The Morgan fingerprint density at radius 3 is 2.48 bits per heavy atom. The largest absolute Gasteiger partial charge is 0.497 e. The van der Waals surface area contributed by atoms with Crippen molar-refractivity contribution in [1.29, 1.82) is 0 Å². The highest BCUT2D eigenvalue weighted by Crippen LogP contribution is 2.50. The smallest absolute Gasteiger partial charge is 0.148 e. The summed E-state index contributed by atoms with van der Waals surface area (Å²) in [5.74, 6) is 3.35. The molecular weight excluding hydrogens is 372 g/mol. The molecule has 2 saturated heterocycles. The molecule has 3 heterocycles. The van der Waals surface area contributed by atoms with Gasteiger partial charge in [0.15, 0.2) is 0 Å². The molecule has 0 aromatic rings. The number of ether oxygens (including phenoxy) is 5. The van der Waals surface area contributed by atoms with Crippen molar-refractivity contribution >= 4 is 5.78 Å². The predicted octanol–water partition coefficient (Wildman–Crippen LogP) is 3.36. The van der Waals surface area contributed by atoms with Crippen LogP contribution in [0.5, 0.6) is 0 Å². The highest BCUT2D eigenvalue weighted by Gasteiger charge is 2.56. The molecule has 0 N–H and O–H groups in total. The van der Waals surface area contributed by atoms with E-state index in [9.17, 15) is 4.79 Å². The van der Waals surface area contributed by atoms with Gasteiger partial charge in [0.1, 0.15) is 35.8 Å². The van der Waals surface area contributed by atoms with Crippen molar-refractivity contribution in [2.45, 2.75) is 70.4 Å². The van der Waals surface area contributed by atoms with Gasteiger partial charge in [0.25, 0.3) is 0 Å². The Bertz CT molecular complexity index is 752. The summed E-state index contributed by atoms with van der Waals surface area (Å²) in [6, 6.07) is 0. The van der Waals surface area contributed by atoms with Crippen molar-refractivity contribution in [2.24, 2.45) is 23.7 Å². The zero-order valence-electron chi connectivity index (χ0n) is 17.8. The second kappa shape index (κ2) is 7.31. The number of rotatable bonds is 3. The summed E-state index contributed by atoms with van der Waals surface area (Å²) in [5.41, 5.74) is 1.03. The number of ketones is 1. The summed E-state index contributed by atoms with van der Waals surface area (Å²) in [4.78, 5) is 13.7. The molecule has 0 bridgehead atoms. The maximum Gasteiger partial charge on any atom is 0.148 e. The lowest BCUT2D eigenvalue weighted by atomic mass is 9.67. The molecule has 6 heteroatoms. The van der Waals surface area contributed by atoms with E-state index in [4.69, 9.17) is 23.7 Å². The summed E-state index contributed by atoms with van der Waals surface area (Å²) >= 11 is 0. The van der Waals surface area contributed by atoms with E-state index in [1.807, 2.05) is 0 Å². The molecular formula is C23H32O6. The number of methoxy groups -OCH3 is 2. The molecule has 5 aliphatic rings. The Morgan fingerprint density at radius 1 is 1.00 bits per heavy atom. The molecule has 7 atom stereocenters. The third kappa shape index (κ3) is 3.02. The summed E-state index contributed by atoms with van der Waals surface area (Å²) in [7, 11) is 3.31. The molecule has 5 unspecified atom stereocenters. The van der Waals surface area contributed by atoms with E-state index in [2.05, 4.69) is 13.8 Å². The van der Waals surface area contributed by atoms with Crippen LogP contribution in [0.1, 0.15) is 46.0 Å². The third-order valence-electron chi connectivity index (χ3n) is 7.66. The Labute approximate surface area is 172 Å². The molecule has 1 saturated carbocycles. The molecule has 5 rings (SSSR count). The first kappa shape index (κ1) is 19.4. The maximum atomic E-state index is 13.7. The van der Waals surface area contributed by atoms with Crippen molar-refractivity contribution in [3.63, 3.8) is 0 Å². The van der Waals surface area contributed by atoms with E-state index in [-0.39, 0.29) is 36.3 Å². The number of fused-ring (bicyclic) bond motifs is 5. The Hall–Kier alpha value is -1.53. The topological polar surface area (TPSA) is 63.2 Å². The van der Waals surface area contributed by atoms with Crippen molar-refractivity contribution < 1.29 is 28.5 Å². The van der Waals surface area contributed by atoms with Gasteiger partial charge in [0.2, 0.25) is 0 Å². The normalized spacial score (nSPS) is 41.4. The lowest BCUT2D eigenvalue weighted by Gasteiger charge is -2.49. The monoisotopic (exact) mass is 404 g/mol. The van der Waals surface area contributed by atoms with Crippen LogP contribution in [0.3, 0.4) is 0 Å². The van der Waals surface area contributed by atoms with Crippen LogP contribution >= 0.6 is 0 Å². The molecule has 0 aromatic heterocycles. The first-order valence-corrected chi connectivity index (χ1v) is 11.0. The van der Waals surface area contributed by atoms with Gasteiger partial charge in [-0.15, -0.1) is 0 Å². The van der Waals surface area contributed by atoms with Gasteiger partial charge < -0.3 is 23.7 Å². The zero-order valence-corrected chi connectivity index (χ0v) is 17.8. The van der Waals surface area contributed by atoms with E-state index in [1.165, 1.54) is 0 Å². The van der Waals surface area contributed by atoms with Gasteiger partial charge in [0, 0.05) is 18.3 Å². The molecule has 0 spiro atoms. The fraction of sp³-hybridized carbons (Fsp3) is 0.783. The van der Waals surface area contributed by atoms with Gasteiger partial charge in [-0.1, -0.05) is 13.8 Å². The minimum absolute atomic E-state index is 0.0299. The summed E-state index contributed by atoms with van der Waals surface area (Å²) < 4.78 is 30.1. The van der Waals surface area contributed by atoms with Crippen LogP contribution < -0.4 is 0 Å². The van der Waals surface area contributed by atoms with Gasteiger partial charge in [-0.3, -0.25) is 4.79 Å². The SMILES string of the molecule is COC1=C(OC)CC2=C(C1)OC[C@H]1OC3C(CCC4OC(C(C)C)CC43)C(=O)[C@@H]21. The lowest BCUT2D eigenvalue weighted by Crippen LogP contribution is -2.57. The minimum Gasteiger partial charge on any atom is -0.497 e. The number of carbonyl (C=O) groups is 1. The third-order valence-corrected chi connectivity index (χ3v) is 7.66. The van der Waals surface area contributed by atoms with Crippen LogP contribution in [-0.2, 0) is 28.5 Å². The van der Waals surface area contributed by atoms with Crippen molar-refractivity contribution in [3.8, 4) is 0 Å². The number of allylic oxidation sites excluding steroid dienone is 1. The fourth-order valence-corrected chi connectivity index (χ4v) is 6.10. The van der Waals surface area contributed by atoms with E-state index in [0.717, 1.165) is 42.1 Å². The van der Waals surface area contributed by atoms with Gasteiger partial charge >= 0.3 is 0 Å². The Kier molecular flexibility index (Phi) is 4.90. The minimum atomic E-state index is -0.219. The zero-order chi connectivity index (χ0) is 20.3. The van der Waals surface area contributed by atoms with Crippen LogP contribution in [0, 0.1) is 23.7 Å². The molecule has 0 amide bonds. The first-order chi connectivity index (χ1) is 14.0. The summed E-state index contributed by atoms with van der Waals surface area (Å²) in [6.45, 7) is 4.86. The second-order valence-corrected chi connectivity index (χ2v) is 9.43. The van der Waals surface area contributed by atoms with Crippen molar-refractivity contribution in [2.75, 3.05) is 20.8 Å². The van der Waals surface area contributed by atoms with Crippen LogP contribution in [0.25, 0.3) is 0 Å². The first-order valence-electron chi connectivity index (χ1n) is 11.0. The molecule has 0 aromatic carbocycles. The van der Waals surface area contributed by atoms with Gasteiger partial charge in [-0.2, -0.15) is 0 Å². The van der Waals surface area contributed by atoms with Crippen LogP contribution in [0.15, 0.2) is 22.9 Å². The summed E-state index contributed by atoms with van der Waals surface area (Å²) in [5, 5.41) is 0. The maximum absolute atomic E-state index is 13.7. The van der Waals surface area contributed by atoms with E-state index >= 15 is 0 Å². The van der Waals surface area contributed by atoms with E-state index < -0.39 is 0 Å². The molecule has 3 fully saturated rings. The molecule has 160 valence electrons. The van der Waals surface area contributed by atoms with Gasteiger partial charge in [-0.05, 0) is 30.8 Å². The number of Topliss-reactive ketones (excluding diaryl/α,β-unsaturated/α-hetero) is 1. The van der Waals surface area contributed by atoms with Gasteiger partial charge in [0.05, 0.1) is 44.9 Å². The fourth-order valence-electron chi connectivity index (χ4n) is 6.10. The van der Waals surface area contributed by atoms with Gasteiger partial charge in [-0.25, -0.2) is 0 Å². The molecule has 0 radical (unpaired) electrons. The molecule has 3 aliphatic heterocycles. The second-order valence-electron chi connectivity index (χ2n) is 9.43. The average molecular weight is 405 g/mol. The predicted molar refractivity (Wildman–Crippen MR) is 105 cm³/mol. The Morgan fingerprint density at radius 2 is 1.76 bits per heavy atom. The van der Waals surface area contributed by atoms with Crippen molar-refractivity contribution in [3.05, 3.63) is 22.9 Å². The van der Waals surface area contributed by atoms with E-state index in [0.29, 0.717) is 37.1 Å². The van der Waals surface area contributed by atoms with Crippen molar-refractivity contribution in [1.82, 2.24) is 0 Å².